The third kappa shape index (κ3) is 3.27. The average Bonchev–Trinajstić information content (AvgIpc) is 2.88. The fourth-order valence-corrected chi connectivity index (χ4v) is 3.60. The van der Waals surface area contributed by atoms with E-state index in [-0.39, 0.29) is 19.3 Å². The highest BCUT2D eigenvalue weighted by molar-refractivity contribution is 7.84. The van der Waals surface area contributed by atoms with Crippen molar-refractivity contribution < 1.29 is 36.3 Å². The Labute approximate surface area is 135 Å². The van der Waals surface area contributed by atoms with E-state index >= 15 is 0 Å². The summed E-state index contributed by atoms with van der Waals surface area (Å²) < 4.78 is 59.5. The van der Waals surface area contributed by atoms with E-state index in [4.69, 9.17) is 27.9 Å². The Morgan fingerprint density at radius 2 is 1.83 bits per heavy atom. The SMILES string of the molecule is CNS(=O)(=O)OCC12OCC3OC(C)(C)OC3C1OC(C)(C)O2. The molecule has 0 bridgehead atoms. The van der Waals surface area contributed by atoms with E-state index in [9.17, 15) is 8.42 Å². The number of hydrogen-bond acceptors (Lipinski definition) is 8. The maximum atomic E-state index is 11.6. The van der Waals surface area contributed by atoms with Crippen molar-refractivity contribution in [1.82, 2.24) is 4.72 Å². The largest absolute Gasteiger partial charge is 0.343 e. The van der Waals surface area contributed by atoms with E-state index in [0.29, 0.717) is 0 Å². The van der Waals surface area contributed by atoms with E-state index in [2.05, 4.69) is 4.72 Å². The van der Waals surface area contributed by atoms with Crippen LogP contribution in [0.3, 0.4) is 0 Å². The van der Waals surface area contributed by atoms with Crippen molar-refractivity contribution in [2.75, 3.05) is 20.3 Å². The smallest absolute Gasteiger partial charge is 0.335 e. The quantitative estimate of drug-likeness (QED) is 0.745. The molecule has 3 rings (SSSR count). The maximum Gasteiger partial charge on any atom is 0.335 e. The lowest BCUT2D eigenvalue weighted by molar-refractivity contribution is -0.290. The van der Waals surface area contributed by atoms with Gasteiger partial charge in [0.2, 0.25) is 5.79 Å². The Morgan fingerprint density at radius 1 is 1.13 bits per heavy atom. The van der Waals surface area contributed by atoms with Crippen LogP contribution in [0.4, 0.5) is 0 Å². The molecule has 0 aromatic heterocycles. The molecule has 0 spiro atoms. The molecule has 1 N–H and O–H groups in total. The maximum absolute atomic E-state index is 11.6. The van der Waals surface area contributed by atoms with Gasteiger partial charge in [0.05, 0.1) is 6.61 Å². The second-order valence-electron chi connectivity index (χ2n) is 6.72. The van der Waals surface area contributed by atoms with Gasteiger partial charge < -0.3 is 23.7 Å². The van der Waals surface area contributed by atoms with Crippen LogP contribution in [0, 0.1) is 0 Å². The van der Waals surface area contributed by atoms with Crippen LogP contribution in [0.15, 0.2) is 0 Å². The lowest BCUT2D eigenvalue weighted by Crippen LogP contribution is -2.60. The minimum Gasteiger partial charge on any atom is -0.343 e. The van der Waals surface area contributed by atoms with Crippen molar-refractivity contribution >= 4 is 10.3 Å². The van der Waals surface area contributed by atoms with Gasteiger partial charge in [-0.25, -0.2) is 0 Å². The Balaban J connectivity index is 1.85. The molecule has 0 aliphatic carbocycles. The van der Waals surface area contributed by atoms with Gasteiger partial charge >= 0.3 is 10.3 Å². The van der Waals surface area contributed by atoms with Crippen LogP contribution in [0.2, 0.25) is 0 Å². The van der Waals surface area contributed by atoms with E-state index in [0.717, 1.165) is 0 Å². The molecule has 134 valence electrons. The molecule has 3 heterocycles. The number of nitrogens with one attached hydrogen (secondary N) is 1. The lowest BCUT2D eigenvalue weighted by Gasteiger charge is -2.40. The number of rotatable bonds is 4. The molecule has 0 amide bonds. The van der Waals surface area contributed by atoms with Gasteiger partial charge in [-0.1, -0.05) is 0 Å². The van der Waals surface area contributed by atoms with E-state index in [1.165, 1.54) is 7.05 Å². The highest BCUT2D eigenvalue weighted by atomic mass is 32.2. The summed E-state index contributed by atoms with van der Waals surface area (Å²) in [5.74, 6) is -3.12. The summed E-state index contributed by atoms with van der Waals surface area (Å²) in [4.78, 5) is 0. The van der Waals surface area contributed by atoms with Crippen LogP contribution in [0.25, 0.3) is 0 Å². The molecule has 10 heteroatoms. The molecule has 3 fully saturated rings. The Bertz CT molecular complexity index is 577. The van der Waals surface area contributed by atoms with E-state index in [1.54, 1.807) is 27.7 Å². The van der Waals surface area contributed by atoms with Crippen molar-refractivity contribution in [3.8, 4) is 0 Å². The van der Waals surface area contributed by atoms with E-state index < -0.39 is 39.9 Å². The molecule has 4 atom stereocenters. The summed E-state index contributed by atoms with van der Waals surface area (Å²) >= 11 is 0. The molecule has 0 aromatic rings. The Hall–Kier alpha value is -0.330. The van der Waals surface area contributed by atoms with Crippen molar-refractivity contribution in [3.05, 3.63) is 0 Å². The molecule has 23 heavy (non-hydrogen) atoms. The third-order valence-corrected chi connectivity index (χ3v) is 4.87. The highest BCUT2D eigenvalue weighted by Gasteiger charge is 2.65. The summed E-state index contributed by atoms with van der Waals surface area (Å²) in [6.45, 7) is 6.88. The monoisotopic (exact) mass is 353 g/mol. The Morgan fingerprint density at radius 3 is 2.48 bits per heavy atom. The predicted molar refractivity (Wildman–Crippen MR) is 76.5 cm³/mol. The molecule has 3 aliphatic heterocycles. The molecule has 0 saturated carbocycles. The van der Waals surface area contributed by atoms with Crippen LogP contribution in [-0.2, 0) is 38.2 Å². The molecule has 3 aliphatic rings. The first-order valence-electron chi connectivity index (χ1n) is 7.43. The first-order chi connectivity index (χ1) is 10.5. The van der Waals surface area contributed by atoms with Crippen molar-refractivity contribution in [2.24, 2.45) is 0 Å². The summed E-state index contributed by atoms with van der Waals surface area (Å²) in [5, 5.41) is 0. The summed E-state index contributed by atoms with van der Waals surface area (Å²) in [6, 6.07) is 0. The van der Waals surface area contributed by atoms with Gasteiger partial charge in [0.25, 0.3) is 0 Å². The van der Waals surface area contributed by atoms with Crippen LogP contribution < -0.4 is 4.72 Å². The minimum absolute atomic E-state index is 0.187. The predicted octanol–water partition coefficient (Wildman–Crippen LogP) is -0.135. The second kappa shape index (κ2) is 5.33. The van der Waals surface area contributed by atoms with Crippen LogP contribution in [-0.4, -0.2) is 64.4 Å². The molecule has 0 aromatic carbocycles. The standard InChI is InChI=1S/C13H23NO8S/c1-11(2)19-8-6-17-13(7-18-23(15,16)14-5)10(9(8)20-11)21-12(3,4)22-13/h8-10,14H,6-7H2,1-5H3. The average molecular weight is 353 g/mol. The van der Waals surface area contributed by atoms with Crippen LogP contribution in [0.5, 0.6) is 0 Å². The summed E-state index contributed by atoms with van der Waals surface area (Å²) in [6.07, 6.45) is -1.44. The van der Waals surface area contributed by atoms with E-state index in [1.807, 2.05) is 0 Å². The Kier molecular flexibility index (Phi) is 4.06. The summed E-state index contributed by atoms with van der Waals surface area (Å²) in [7, 11) is -2.62. The van der Waals surface area contributed by atoms with Gasteiger partial charge in [-0.3, -0.25) is 4.18 Å². The van der Waals surface area contributed by atoms with Gasteiger partial charge in [-0.15, -0.1) is 0 Å². The zero-order chi connectivity index (χ0) is 17.1. The molecular formula is C13H23NO8S. The molecule has 0 radical (unpaired) electrons. The second-order valence-corrected chi connectivity index (χ2v) is 8.27. The van der Waals surface area contributed by atoms with Gasteiger partial charge in [-0.2, -0.15) is 13.1 Å². The number of ether oxygens (including phenoxy) is 5. The highest BCUT2D eigenvalue weighted by Crippen LogP contribution is 2.47. The third-order valence-electron chi connectivity index (χ3n) is 3.94. The van der Waals surface area contributed by atoms with Crippen molar-refractivity contribution in [1.29, 1.82) is 0 Å². The number of fused-ring (bicyclic) bond motifs is 3. The minimum atomic E-state index is -3.88. The van der Waals surface area contributed by atoms with Crippen molar-refractivity contribution in [2.45, 2.75) is 63.4 Å². The number of hydrogen-bond donors (Lipinski definition) is 1. The fraction of sp³-hybridized carbons (Fsp3) is 1.00. The first-order valence-corrected chi connectivity index (χ1v) is 8.84. The van der Waals surface area contributed by atoms with Crippen LogP contribution in [0.1, 0.15) is 27.7 Å². The lowest BCUT2D eigenvalue weighted by atomic mass is 9.98. The van der Waals surface area contributed by atoms with Gasteiger partial charge in [-0.05, 0) is 27.7 Å². The normalized spacial score (nSPS) is 41.5. The van der Waals surface area contributed by atoms with Crippen LogP contribution >= 0.6 is 0 Å². The summed E-state index contributed by atoms with van der Waals surface area (Å²) in [5.41, 5.74) is 0. The fourth-order valence-electron chi connectivity index (χ4n) is 3.17. The molecule has 9 nitrogen and oxygen atoms in total. The zero-order valence-electron chi connectivity index (χ0n) is 13.8. The molecular weight excluding hydrogens is 330 g/mol. The van der Waals surface area contributed by atoms with Gasteiger partial charge in [0.1, 0.15) is 24.9 Å². The van der Waals surface area contributed by atoms with Crippen molar-refractivity contribution in [3.63, 3.8) is 0 Å². The van der Waals surface area contributed by atoms with Gasteiger partial charge in [0, 0.05) is 7.05 Å². The molecule has 4 unspecified atom stereocenters. The first kappa shape index (κ1) is 17.5. The molecule has 3 saturated heterocycles. The zero-order valence-corrected chi connectivity index (χ0v) is 14.6. The topological polar surface area (TPSA) is 102 Å². The van der Waals surface area contributed by atoms with Gasteiger partial charge in [0.15, 0.2) is 11.6 Å².